The quantitative estimate of drug-likeness (QED) is 0.461. The van der Waals surface area contributed by atoms with Gasteiger partial charge in [0.2, 0.25) is 0 Å². The van der Waals surface area contributed by atoms with Crippen molar-refractivity contribution in [1.82, 2.24) is 19.3 Å². The third-order valence-electron chi connectivity index (χ3n) is 5.53. The topological polar surface area (TPSA) is 71.8 Å². The third kappa shape index (κ3) is 3.94. The molecule has 1 aliphatic heterocycles. The SMILES string of the molecule is Cc1ccc(-c2nc3cnccn3c2Nc2ccc(C(=O)N3CCOCC3)cc2)c(S)c1. The molecule has 162 valence electrons. The Morgan fingerprint density at radius 3 is 2.66 bits per heavy atom. The Morgan fingerprint density at radius 1 is 1.12 bits per heavy atom. The molecule has 2 aromatic carbocycles. The monoisotopic (exact) mass is 445 g/mol. The highest BCUT2D eigenvalue weighted by Gasteiger charge is 2.19. The number of thiol groups is 1. The van der Waals surface area contributed by atoms with E-state index < -0.39 is 0 Å². The molecule has 5 rings (SSSR count). The minimum atomic E-state index is 0.0285. The molecule has 0 bridgehead atoms. The van der Waals surface area contributed by atoms with Crippen molar-refractivity contribution in [3.05, 3.63) is 72.2 Å². The number of hydrogen-bond acceptors (Lipinski definition) is 6. The molecule has 0 aliphatic carbocycles. The highest BCUT2D eigenvalue weighted by Crippen LogP contribution is 2.34. The number of rotatable bonds is 4. The Kier molecular flexibility index (Phi) is 5.55. The molecule has 0 spiro atoms. The molecule has 2 aromatic heterocycles. The van der Waals surface area contributed by atoms with Crippen LogP contribution in [0.25, 0.3) is 16.9 Å². The number of nitrogens with zero attached hydrogens (tertiary/aromatic N) is 4. The molecule has 1 aliphatic rings. The maximum absolute atomic E-state index is 12.7. The first-order chi connectivity index (χ1) is 15.6. The van der Waals surface area contributed by atoms with E-state index in [1.54, 1.807) is 12.4 Å². The lowest BCUT2D eigenvalue weighted by Crippen LogP contribution is -2.40. The van der Waals surface area contributed by atoms with Crippen molar-refractivity contribution in [1.29, 1.82) is 0 Å². The van der Waals surface area contributed by atoms with E-state index in [0.29, 0.717) is 31.9 Å². The predicted molar refractivity (Wildman–Crippen MR) is 127 cm³/mol. The van der Waals surface area contributed by atoms with Crippen LogP contribution >= 0.6 is 12.6 Å². The summed E-state index contributed by atoms with van der Waals surface area (Å²) in [5, 5.41) is 3.48. The van der Waals surface area contributed by atoms with Crippen LogP contribution in [0.5, 0.6) is 0 Å². The molecule has 1 N–H and O–H groups in total. The van der Waals surface area contributed by atoms with Gasteiger partial charge in [-0.1, -0.05) is 12.1 Å². The van der Waals surface area contributed by atoms with E-state index in [1.165, 1.54) is 0 Å². The summed E-state index contributed by atoms with van der Waals surface area (Å²) in [7, 11) is 0. The molecular weight excluding hydrogens is 422 g/mol. The Morgan fingerprint density at radius 2 is 1.91 bits per heavy atom. The fourth-order valence-corrected chi connectivity index (χ4v) is 4.22. The maximum Gasteiger partial charge on any atom is 0.254 e. The standard InChI is InChI=1S/C24H23N5O2S/c1-16-2-7-19(20(32)14-16)22-23(29-9-8-25-15-21(29)27-22)26-18-5-3-17(4-6-18)24(30)28-10-12-31-13-11-28/h2-9,14-15,26,32H,10-13H2,1H3. The molecule has 3 heterocycles. The smallest absolute Gasteiger partial charge is 0.254 e. The highest BCUT2D eigenvalue weighted by molar-refractivity contribution is 7.80. The lowest BCUT2D eigenvalue weighted by atomic mass is 10.1. The average Bonchev–Trinajstić information content (AvgIpc) is 3.18. The molecule has 1 fully saturated rings. The van der Waals surface area contributed by atoms with Gasteiger partial charge in [0, 0.05) is 47.2 Å². The molecule has 0 radical (unpaired) electrons. The van der Waals surface area contributed by atoms with Crippen LogP contribution in [0, 0.1) is 6.92 Å². The van der Waals surface area contributed by atoms with Crippen LogP contribution in [0.4, 0.5) is 11.5 Å². The van der Waals surface area contributed by atoms with Crippen LogP contribution in [0.15, 0.2) is 66.0 Å². The summed E-state index contributed by atoms with van der Waals surface area (Å²) < 4.78 is 7.30. The number of nitrogens with one attached hydrogen (secondary N) is 1. The third-order valence-corrected chi connectivity index (χ3v) is 5.90. The molecule has 0 saturated carbocycles. The van der Waals surface area contributed by atoms with E-state index in [4.69, 9.17) is 9.72 Å². The van der Waals surface area contributed by atoms with Crippen molar-refractivity contribution in [3.63, 3.8) is 0 Å². The van der Waals surface area contributed by atoms with E-state index in [9.17, 15) is 4.79 Å². The zero-order valence-corrected chi connectivity index (χ0v) is 18.5. The first kappa shape index (κ1) is 20.5. The van der Waals surface area contributed by atoms with Gasteiger partial charge in [0.05, 0.1) is 19.4 Å². The van der Waals surface area contributed by atoms with Gasteiger partial charge in [-0.3, -0.25) is 14.2 Å². The zero-order chi connectivity index (χ0) is 22.1. The van der Waals surface area contributed by atoms with Crippen molar-refractivity contribution in [2.45, 2.75) is 11.8 Å². The number of carbonyl (C=O) groups is 1. The van der Waals surface area contributed by atoms with E-state index in [0.717, 1.165) is 38.9 Å². The second-order valence-electron chi connectivity index (χ2n) is 7.74. The molecule has 7 nitrogen and oxygen atoms in total. The van der Waals surface area contributed by atoms with Gasteiger partial charge < -0.3 is 15.0 Å². The number of aromatic nitrogens is 3. The van der Waals surface area contributed by atoms with Crippen molar-refractivity contribution in [3.8, 4) is 11.3 Å². The minimum Gasteiger partial charge on any atom is -0.378 e. The summed E-state index contributed by atoms with van der Waals surface area (Å²) in [6.45, 7) is 4.46. The zero-order valence-electron chi connectivity index (χ0n) is 17.7. The Hall–Kier alpha value is -3.36. The first-order valence-electron chi connectivity index (χ1n) is 10.5. The summed E-state index contributed by atoms with van der Waals surface area (Å²) in [6.07, 6.45) is 5.33. The molecule has 32 heavy (non-hydrogen) atoms. The maximum atomic E-state index is 12.7. The van der Waals surface area contributed by atoms with Crippen LogP contribution in [0.1, 0.15) is 15.9 Å². The summed E-state index contributed by atoms with van der Waals surface area (Å²) in [5.41, 5.74) is 5.12. The van der Waals surface area contributed by atoms with Crippen molar-refractivity contribution >= 4 is 35.7 Å². The lowest BCUT2D eigenvalue weighted by molar-refractivity contribution is 0.0303. The van der Waals surface area contributed by atoms with Crippen LogP contribution < -0.4 is 5.32 Å². The van der Waals surface area contributed by atoms with Gasteiger partial charge in [0.15, 0.2) is 5.65 Å². The molecule has 8 heteroatoms. The second-order valence-corrected chi connectivity index (χ2v) is 8.22. The molecule has 4 aromatic rings. The number of benzene rings is 2. The molecular formula is C24H23N5O2S. The van der Waals surface area contributed by atoms with Gasteiger partial charge in [-0.2, -0.15) is 0 Å². The largest absolute Gasteiger partial charge is 0.378 e. The number of imidazole rings is 1. The van der Waals surface area contributed by atoms with Crippen LogP contribution in [0.3, 0.4) is 0 Å². The van der Waals surface area contributed by atoms with Crippen molar-refractivity contribution in [2.24, 2.45) is 0 Å². The number of amides is 1. The van der Waals surface area contributed by atoms with Gasteiger partial charge >= 0.3 is 0 Å². The number of carbonyl (C=O) groups excluding carboxylic acids is 1. The Bertz CT molecular complexity index is 1280. The predicted octanol–water partition coefficient (Wildman–Crippen LogP) is 4.21. The lowest BCUT2D eigenvalue weighted by Gasteiger charge is -2.26. The van der Waals surface area contributed by atoms with Crippen molar-refractivity contribution in [2.75, 3.05) is 31.6 Å². The van der Waals surface area contributed by atoms with Gasteiger partial charge in [-0.25, -0.2) is 4.98 Å². The van der Waals surface area contributed by atoms with Crippen LogP contribution in [-0.2, 0) is 4.74 Å². The van der Waals surface area contributed by atoms with Gasteiger partial charge in [0.1, 0.15) is 11.5 Å². The molecule has 0 unspecified atom stereocenters. The number of aryl methyl sites for hydroxylation is 1. The number of hydrogen-bond donors (Lipinski definition) is 2. The number of fused-ring (bicyclic) bond motifs is 1. The van der Waals surface area contributed by atoms with Gasteiger partial charge in [-0.15, -0.1) is 12.6 Å². The first-order valence-corrected chi connectivity index (χ1v) is 10.9. The minimum absolute atomic E-state index is 0.0285. The summed E-state index contributed by atoms with van der Waals surface area (Å²) in [4.78, 5) is 24.4. The van der Waals surface area contributed by atoms with Gasteiger partial charge in [0.25, 0.3) is 5.91 Å². The number of anilines is 2. The normalized spacial score (nSPS) is 14.0. The Labute approximate surface area is 191 Å². The van der Waals surface area contributed by atoms with E-state index in [-0.39, 0.29) is 5.91 Å². The highest BCUT2D eigenvalue weighted by atomic mass is 32.1. The van der Waals surface area contributed by atoms with E-state index in [2.05, 4.69) is 22.9 Å². The van der Waals surface area contributed by atoms with Crippen LogP contribution in [-0.4, -0.2) is 51.5 Å². The molecule has 1 saturated heterocycles. The fraction of sp³-hybridized carbons (Fsp3) is 0.208. The van der Waals surface area contributed by atoms with E-state index in [1.807, 2.05) is 64.9 Å². The fourth-order valence-electron chi connectivity index (χ4n) is 3.84. The van der Waals surface area contributed by atoms with Crippen LogP contribution in [0.2, 0.25) is 0 Å². The number of ether oxygens (including phenoxy) is 1. The Balaban J connectivity index is 1.48. The second kappa shape index (κ2) is 8.64. The summed E-state index contributed by atoms with van der Waals surface area (Å²) in [6, 6.07) is 13.6. The van der Waals surface area contributed by atoms with Gasteiger partial charge in [-0.05, 0) is 42.8 Å². The van der Waals surface area contributed by atoms with E-state index >= 15 is 0 Å². The summed E-state index contributed by atoms with van der Waals surface area (Å²) in [5.74, 6) is 0.842. The number of morpholine rings is 1. The molecule has 0 atom stereocenters. The summed E-state index contributed by atoms with van der Waals surface area (Å²) >= 11 is 4.68. The van der Waals surface area contributed by atoms with Crippen molar-refractivity contribution < 1.29 is 9.53 Å². The average molecular weight is 446 g/mol. The molecule has 1 amide bonds.